The van der Waals surface area contributed by atoms with Crippen molar-refractivity contribution < 1.29 is 4.79 Å². The fourth-order valence-electron chi connectivity index (χ4n) is 0.982. The minimum atomic E-state index is 0.499. The molecule has 0 aromatic carbocycles. The zero-order valence-corrected chi connectivity index (χ0v) is 7.52. The molecule has 2 aromatic heterocycles. The number of carbonyl (C=O) groups excluding carboxylic acids is 1. The van der Waals surface area contributed by atoms with Crippen LogP contribution in [0.25, 0.3) is 5.65 Å². The normalized spacial score (nSPS) is 10.4. The van der Waals surface area contributed by atoms with E-state index < -0.39 is 0 Å². The summed E-state index contributed by atoms with van der Waals surface area (Å²) in [5, 5.41) is 0. The van der Waals surface area contributed by atoms with E-state index in [1.807, 2.05) is 0 Å². The van der Waals surface area contributed by atoms with E-state index in [4.69, 9.17) is 0 Å². The van der Waals surface area contributed by atoms with Gasteiger partial charge in [0, 0.05) is 6.20 Å². The predicted molar refractivity (Wildman–Crippen MR) is 46.1 cm³/mol. The second-order valence-electron chi connectivity index (χ2n) is 2.24. The first-order valence-corrected chi connectivity index (χ1v) is 4.04. The molecule has 0 saturated carbocycles. The van der Waals surface area contributed by atoms with E-state index in [1.165, 1.54) is 6.20 Å². The Morgan fingerprint density at radius 3 is 3.08 bits per heavy atom. The minimum Gasteiger partial charge on any atom is -0.296 e. The Kier molecular flexibility index (Phi) is 1.65. The number of hydrogen-bond donors (Lipinski definition) is 0. The van der Waals surface area contributed by atoms with Gasteiger partial charge in [-0.05, 0) is 15.9 Å². The molecule has 12 heavy (non-hydrogen) atoms. The first-order chi connectivity index (χ1) is 5.83. The van der Waals surface area contributed by atoms with Gasteiger partial charge in [0.05, 0.1) is 10.7 Å². The van der Waals surface area contributed by atoms with Crippen LogP contribution in [-0.2, 0) is 0 Å². The average Bonchev–Trinajstić information content (AvgIpc) is 2.49. The summed E-state index contributed by atoms with van der Waals surface area (Å²) in [7, 11) is 0. The number of aromatic nitrogens is 3. The average molecular weight is 226 g/mol. The molecule has 2 rings (SSSR count). The van der Waals surface area contributed by atoms with Crippen molar-refractivity contribution >= 4 is 27.9 Å². The summed E-state index contributed by atoms with van der Waals surface area (Å²) in [5.41, 5.74) is 1.20. The predicted octanol–water partition coefficient (Wildman–Crippen LogP) is 1.30. The number of imidazole rings is 1. The molecular formula is C7H4BrN3O. The molecule has 0 radical (unpaired) electrons. The molecule has 0 N–H and O–H groups in total. The van der Waals surface area contributed by atoms with Gasteiger partial charge in [-0.25, -0.2) is 9.97 Å². The molecule has 4 nitrogen and oxygen atoms in total. The van der Waals surface area contributed by atoms with Crippen molar-refractivity contribution in [2.24, 2.45) is 0 Å². The first-order valence-electron chi connectivity index (χ1n) is 3.24. The Balaban J connectivity index is 2.88. The summed E-state index contributed by atoms with van der Waals surface area (Å²) in [5.74, 6) is 0. The molecule has 60 valence electrons. The van der Waals surface area contributed by atoms with Gasteiger partial charge in [-0.15, -0.1) is 0 Å². The van der Waals surface area contributed by atoms with Gasteiger partial charge in [0.25, 0.3) is 0 Å². The molecule has 0 aliphatic carbocycles. The highest BCUT2D eigenvalue weighted by Crippen LogP contribution is 2.14. The molecule has 0 amide bonds. The van der Waals surface area contributed by atoms with Crippen LogP contribution >= 0.6 is 15.9 Å². The molecule has 0 bridgehead atoms. The minimum absolute atomic E-state index is 0.499. The second kappa shape index (κ2) is 2.67. The lowest BCUT2D eigenvalue weighted by Crippen LogP contribution is -1.91. The number of aldehydes is 1. The maximum absolute atomic E-state index is 10.5. The molecule has 0 saturated heterocycles. The maximum atomic E-state index is 10.5. The Morgan fingerprint density at radius 2 is 2.33 bits per heavy atom. The van der Waals surface area contributed by atoms with Crippen molar-refractivity contribution in [3.05, 3.63) is 28.9 Å². The van der Waals surface area contributed by atoms with Crippen LogP contribution < -0.4 is 0 Å². The summed E-state index contributed by atoms with van der Waals surface area (Å²) in [6, 6.07) is 0. The van der Waals surface area contributed by atoms with Crippen molar-refractivity contribution in [3.63, 3.8) is 0 Å². The quantitative estimate of drug-likeness (QED) is 0.688. The third-order valence-corrected chi connectivity index (χ3v) is 2.09. The van der Waals surface area contributed by atoms with Crippen LogP contribution in [0.5, 0.6) is 0 Å². The lowest BCUT2D eigenvalue weighted by molar-refractivity contribution is 0.111. The van der Waals surface area contributed by atoms with Gasteiger partial charge in [-0.2, -0.15) is 0 Å². The zero-order chi connectivity index (χ0) is 8.55. The monoisotopic (exact) mass is 225 g/mol. The van der Waals surface area contributed by atoms with Gasteiger partial charge in [0.1, 0.15) is 12.0 Å². The largest absolute Gasteiger partial charge is 0.296 e. The highest BCUT2D eigenvalue weighted by Gasteiger charge is 2.03. The third-order valence-electron chi connectivity index (χ3n) is 1.53. The molecule has 0 unspecified atom stereocenters. The van der Waals surface area contributed by atoms with Crippen LogP contribution in [0.15, 0.2) is 23.2 Å². The highest BCUT2D eigenvalue weighted by atomic mass is 79.9. The van der Waals surface area contributed by atoms with Crippen molar-refractivity contribution in [1.29, 1.82) is 0 Å². The van der Waals surface area contributed by atoms with Crippen molar-refractivity contribution in [2.45, 2.75) is 0 Å². The molecule has 0 fully saturated rings. The molecular weight excluding hydrogens is 222 g/mol. The fourth-order valence-corrected chi connectivity index (χ4v) is 1.39. The topological polar surface area (TPSA) is 47.3 Å². The fraction of sp³-hybridized carbons (Fsp3) is 0. The molecule has 2 aromatic rings. The lowest BCUT2D eigenvalue weighted by Gasteiger charge is -1.94. The highest BCUT2D eigenvalue weighted by molar-refractivity contribution is 9.10. The van der Waals surface area contributed by atoms with Crippen LogP contribution in [-0.4, -0.2) is 20.7 Å². The van der Waals surface area contributed by atoms with Crippen LogP contribution in [0.3, 0.4) is 0 Å². The Bertz CT molecular complexity index is 437. The van der Waals surface area contributed by atoms with Crippen LogP contribution in [0.4, 0.5) is 0 Å². The molecule has 0 atom stereocenters. The van der Waals surface area contributed by atoms with Crippen LogP contribution in [0.2, 0.25) is 0 Å². The summed E-state index contributed by atoms with van der Waals surface area (Å²) < 4.78 is 2.40. The van der Waals surface area contributed by atoms with Gasteiger partial charge >= 0.3 is 0 Å². The van der Waals surface area contributed by atoms with Gasteiger partial charge < -0.3 is 0 Å². The third kappa shape index (κ3) is 0.937. The number of fused-ring (bicyclic) bond motifs is 1. The van der Waals surface area contributed by atoms with Crippen LogP contribution in [0.1, 0.15) is 10.5 Å². The van der Waals surface area contributed by atoms with Gasteiger partial charge in [-0.1, -0.05) is 0 Å². The molecule has 0 spiro atoms. The maximum Gasteiger partial charge on any atom is 0.168 e. The van der Waals surface area contributed by atoms with E-state index in [1.54, 1.807) is 16.9 Å². The van der Waals surface area contributed by atoms with E-state index in [0.29, 0.717) is 11.3 Å². The van der Waals surface area contributed by atoms with Crippen LogP contribution in [0, 0.1) is 0 Å². The number of carbonyl (C=O) groups is 1. The van der Waals surface area contributed by atoms with E-state index in [9.17, 15) is 4.79 Å². The van der Waals surface area contributed by atoms with Crippen molar-refractivity contribution in [2.75, 3.05) is 0 Å². The van der Waals surface area contributed by atoms with Gasteiger partial charge in [-0.3, -0.25) is 9.20 Å². The lowest BCUT2D eigenvalue weighted by atomic mass is 10.5. The number of halogens is 1. The molecule has 0 aliphatic rings. The number of nitrogens with zero attached hydrogens (tertiary/aromatic N) is 3. The van der Waals surface area contributed by atoms with Crippen molar-refractivity contribution in [1.82, 2.24) is 14.4 Å². The van der Waals surface area contributed by atoms with E-state index >= 15 is 0 Å². The Labute approximate surface area is 76.4 Å². The Morgan fingerprint density at radius 1 is 1.50 bits per heavy atom. The summed E-state index contributed by atoms with van der Waals surface area (Å²) in [4.78, 5) is 18.4. The summed E-state index contributed by atoms with van der Waals surface area (Å²) >= 11 is 3.28. The smallest absolute Gasteiger partial charge is 0.168 e. The van der Waals surface area contributed by atoms with Crippen molar-refractivity contribution in [3.8, 4) is 0 Å². The van der Waals surface area contributed by atoms with E-state index in [0.717, 1.165) is 10.8 Å². The molecule has 2 heterocycles. The van der Waals surface area contributed by atoms with E-state index in [-0.39, 0.29) is 0 Å². The van der Waals surface area contributed by atoms with E-state index in [2.05, 4.69) is 25.9 Å². The molecule has 5 heteroatoms. The first kappa shape index (κ1) is 7.42. The van der Waals surface area contributed by atoms with Gasteiger partial charge in [0.2, 0.25) is 0 Å². The molecule has 0 aliphatic heterocycles. The Hall–Kier alpha value is -1.23. The van der Waals surface area contributed by atoms with Gasteiger partial charge in [0.15, 0.2) is 11.9 Å². The number of hydrogen-bond acceptors (Lipinski definition) is 3. The number of rotatable bonds is 1. The summed E-state index contributed by atoms with van der Waals surface area (Å²) in [6.45, 7) is 0. The second-order valence-corrected chi connectivity index (χ2v) is 3.09. The summed E-state index contributed by atoms with van der Waals surface area (Å²) in [6.07, 6.45) is 5.44. The standard InChI is InChI=1S/C7H4BrN3O/c8-6-2-9-4-11-5(3-12)1-10-7(6)11/h1-4H. The SMILES string of the molecule is O=Cc1cnc2c(Br)cncn12. The zero-order valence-electron chi connectivity index (χ0n) is 5.94.